The minimum atomic E-state index is -0.406. The quantitative estimate of drug-likeness (QED) is 0.869. The highest BCUT2D eigenvalue weighted by Crippen LogP contribution is 2.26. The number of benzene rings is 1. The average molecular weight is 315 g/mol. The molecule has 1 aromatic carbocycles. The van der Waals surface area contributed by atoms with Crippen molar-refractivity contribution in [3.05, 3.63) is 53.6 Å². The van der Waals surface area contributed by atoms with E-state index >= 15 is 0 Å². The van der Waals surface area contributed by atoms with E-state index in [9.17, 15) is 4.39 Å². The fourth-order valence-corrected chi connectivity index (χ4v) is 3.31. The summed E-state index contributed by atoms with van der Waals surface area (Å²) in [5, 5.41) is 0. The van der Waals surface area contributed by atoms with E-state index in [0.717, 1.165) is 25.9 Å². The van der Waals surface area contributed by atoms with Gasteiger partial charge in [-0.25, -0.2) is 14.4 Å². The maximum Gasteiger partial charge on any atom is 0.225 e. The number of hydrogen-bond donors (Lipinski definition) is 0. The number of nitrogens with zero attached hydrogens (tertiary/aromatic N) is 3. The topological polar surface area (TPSA) is 38.2 Å². The Hall–Kier alpha value is -2.01. The number of hydrogen-bond acceptors (Lipinski definition) is 4. The number of ether oxygens (including phenoxy) is 1. The summed E-state index contributed by atoms with van der Waals surface area (Å²) >= 11 is 0. The van der Waals surface area contributed by atoms with Gasteiger partial charge in [-0.1, -0.05) is 29.8 Å². The van der Waals surface area contributed by atoms with Crippen LogP contribution in [0, 0.1) is 18.7 Å². The van der Waals surface area contributed by atoms with E-state index in [2.05, 4.69) is 46.1 Å². The molecule has 0 saturated carbocycles. The first kappa shape index (κ1) is 15.9. The molecule has 0 aliphatic carbocycles. The summed E-state index contributed by atoms with van der Waals surface area (Å²) in [4.78, 5) is 10.3. The first-order chi connectivity index (χ1) is 11.2. The van der Waals surface area contributed by atoms with Crippen molar-refractivity contribution in [3.63, 3.8) is 0 Å². The summed E-state index contributed by atoms with van der Waals surface area (Å²) in [5.41, 5.74) is 2.59. The molecule has 2 aromatic rings. The maximum absolute atomic E-state index is 13.0. The number of anilines is 1. The lowest BCUT2D eigenvalue weighted by Gasteiger charge is -2.38. The van der Waals surface area contributed by atoms with Crippen molar-refractivity contribution in [1.29, 1.82) is 0 Å². The third-order valence-electron chi connectivity index (χ3n) is 4.44. The molecule has 3 rings (SSSR count). The first-order valence-corrected chi connectivity index (χ1v) is 7.96. The largest absolute Gasteiger partial charge is 0.381 e. The molecule has 2 atom stereocenters. The van der Waals surface area contributed by atoms with Crippen LogP contribution in [-0.2, 0) is 11.2 Å². The Labute approximate surface area is 136 Å². The third kappa shape index (κ3) is 3.85. The van der Waals surface area contributed by atoms with Crippen LogP contribution >= 0.6 is 0 Å². The molecule has 0 N–H and O–H groups in total. The number of rotatable bonds is 4. The van der Waals surface area contributed by atoms with E-state index in [-0.39, 0.29) is 6.10 Å². The zero-order chi connectivity index (χ0) is 16.2. The molecule has 23 heavy (non-hydrogen) atoms. The highest BCUT2D eigenvalue weighted by atomic mass is 19.1. The fraction of sp³-hybridized carbons (Fsp3) is 0.444. The fourth-order valence-electron chi connectivity index (χ4n) is 3.31. The number of aryl methyl sites for hydroxylation is 1. The molecule has 2 heterocycles. The van der Waals surface area contributed by atoms with Gasteiger partial charge >= 0.3 is 0 Å². The van der Waals surface area contributed by atoms with E-state index < -0.39 is 5.82 Å². The van der Waals surface area contributed by atoms with Gasteiger partial charge in [-0.2, -0.15) is 0 Å². The standard InChI is InChI=1S/C18H22FN3O/c1-13-4-3-5-14(8-13)9-15-12-22(7-6-17(15)23-2)18-20-10-16(19)11-21-18/h3-5,8,10-11,15,17H,6-7,9,12H2,1-2H3/t15-,17-/m0/s1. The summed E-state index contributed by atoms with van der Waals surface area (Å²) in [6.07, 6.45) is 4.55. The molecule has 0 radical (unpaired) electrons. The van der Waals surface area contributed by atoms with Gasteiger partial charge in [0.05, 0.1) is 18.5 Å². The number of piperidine rings is 1. The van der Waals surface area contributed by atoms with Gasteiger partial charge in [0.1, 0.15) is 0 Å². The predicted molar refractivity (Wildman–Crippen MR) is 88.0 cm³/mol. The van der Waals surface area contributed by atoms with Crippen molar-refractivity contribution < 1.29 is 9.13 Å². The smallest absolute Gasteiger partial charge is 0.225 e. The second kappa shape index (κ2) is 7.04. The maximum atomic E-state index is 13.0. The van der Waals surface area contributed by atoms with Crippen molar-refractivity contribution in [2.75, 3.05) is 25.1 Å². The Morgan fingerprint density at radius 3 is 2.78 bits per heavy atom. The molecular weight excluding hydrogens is 293 g/mol. The van der Waals surface area contributed by atoms with Gasteiger partial charge in [-0.3, -0.25) is 0 Å². The second-order valence-corrected chi connectivity index (χ2v) is 6.16. The van der Waals surface area contributed by atoms with Crippen LogP contribution in [0.2, 0.25) is 0 Å². The van der Waals surface area contributed by atoms with Gasteiger partial charge in [0, 0.05) is 26.1 Å². The molecule has 0 spiro atoms. The van der Waals surface area contributed by atoms with Crippen LogP contribution in [0.15, 0.2) is 36.7 Å². The molecule has 4 nitrogen and oxygen atoms in total. The minimum Gasteiger partial charge on any atom is -0.381 e. The Balaban J connectivity index is 1.74. The number of halogens is 1. The molecule has 0 bridgehead atoms. The van der Waals surface area contributed by atoms with Crippen LogP contribution in [0.25, 0.3) is 0 Å². The van der Waals surface area contributed by atoms with Gasteiger partial charge in [-0.05, 0) is 25.3 Å². The van der Waals surface area contributed by atoms with Crippen molar-refractivity contribution >= 4 is 5.95 Å². The lowest BCUT2D eigenvalue weighted by atomic mass is 9.88. The molecular formula is C18H22FN3O. The first-order valence-electron chi connectivity index (χ1n) is 7.96. The van der Waals surface area contributed by atoms with E-state index in [1.165, 1.54) is 23.5 Å². The predicted octanol–water partition coefficient (Wildman–Crippen LogP) is 3.01. The SMILES string of the molecule is CO[C@H]1CCN(c2ncc(F)cn2)C[C@@H]1Cc1cccc(C)c1. The lowest BCUT2D eigenvalue weighted by Crippen LogP contribution is -2.45. The zero-order valence-electron chi connectivity index (χ0n) is 13.6. The van der Waals surface area contributed by atoms with Gasteiger partial charge in [-0.15, -0.1) is 0 Å². The summed E-state index contributed by atoms with van der Waals surface area (Å²) in [7, 11) is 1.78. The molecule has 1 saturated heterocycles. The minimum absolute atomic E-state index is 0.229. The molecule has 0 amide bonds. The summed E-state index contributed by atoms with van der Waals surface area (Å²) in [5.74, 6) is 0.552. The molecule has 0 unspecified atom stereocenters. The number of methoxy groups -OCH3 is 1. The highest BCUT2D eigenvalue weighted by molar-refractivity contribution is 5.31. The van der Waals surface area contributed by atoms with E-state index in [1.54, 1.807) is 7.11 Å². The van der Waals surface area contributed by atoms with Crippen LogP contribution < -0.4 is 4.90 Å². The van der Waals surface area contributed by atoms with E-state index in [4.69, 9.17) is 4.74 Å². The van der Waals surface area contributed by atoms with E-state index in [1.807, 2.05) is 0 Å². The van der Waals surface area contributed by atoms with Gasteiger partial charge in [0.2, 0.25) is 5.95 Å². The normalized spacial score (nSPS) is 21.4. The Morgan fingerprint density at radius 2 is 2.09 bits per heavy atom. The van der Waals surface area contributed by atoms with E-state index in [0.29, 0.717) is 11.9 Å². The van der Waals surface area contributed by atoms with Crippen LogP contribution in [0.5, 0.6) is 0 Å². The monoisotopic (exact) mass is 315 g/mol. The molecule has 1 aromatic heterocycles. The van der Waals surface area contributed by atoms with Gasteiger partial charge in [0.25, 0.3) is 0 Å². The number of aromatic nitrogens is 2. The molecule has 1 fully saturated rings. The van der Waals surface area contributed by atoms with Gasteiger partial charge < -0.3 is 9.64 Å². The Bertz CT molecular complexity index is 647. The van der Waals surface area contributed by atoms with Crippen molar-refractivity contribution in [3.8, 4) is 0 Å². The molecule has 122 valence electrons. The van der Waals surface area contributed by atoms with Gasteiger partial charge in [0.15, 0.2) is 5.82 Å². The zero-order valence-corrected chi connectivity index (χ0v) is 13.6. The van der Waals surface area contributed by atoms with Crippen molar-refractivity contribution in [1.82, 2.24) is 9.97 Å². The van der Waals surface area contributed by atoms with Crippen LogP contribution in [-0.4, -0.2) is 36.3 Å². The molecule has 1 aliphatic rings. The summed E-state index contributed by atoms with van der Waals surface area (Å²) < 4.78 is 18.7. The Morgan fingerprint density at radius 1 is 1.30 bits per heavy atom. The second-order valence-electron chi connectivity index (χ2n) is 6.16. The van der Waals surface area contributed by atoms with Crippen molar-refractivity contribution in [2.45, 2.75) is 25.9 Å². The highest BCUT2D eigenvalue weighted by Gasteiger charge is 2.30. The van der Waals surface area contributed by atoms with Crippen molar-refractivity contribution in [2.24, 2.45) is 5.92 Å². The summed E-state index contributed by atoms with van der Waals surface area (Å²) in [6, 6.07) is 8.58. The van der Waals surface area contributed by atoms with Crippen LogP contribution in [0.3, 0.4) is 0 Å². The third-order valence-corrected chi connectivity index (χ3v) is 4.44. The van der Waals surface area contributed by atoms with Crippen LogP contribution in [0.4, 0.5) is 10.3 Å². The lowest BCUT2D eigenvalue weighted by molar-refractivity contribution is 0.0374. The molecule has 1 aliphatic heterocycles. The summed E-state index contributed by atoms with van der Waals surface area (Å²) in [6.45, 7) is 3.75. The molecule has 5 heteroatoms. The average Bonchev–Trinajstić information content (AvgIpc) is 2.55. The van der Waals surface area contributed by atoms with Crippen LogP contribution in [0.1, 0.15) is 17.5 Å². The Kier molecular flexibility index (Phi) is 4.86.